The second-order valence-electron chi connectivity index (χ2n) is 5.56. The second-order valence-corrected chi connectivity index (χ2v) is 5.56. The molecular formula is C13H18N4O3. The van der Waals surface area contributed by atoms with Gasteiger partial charge in [0.1, 0.15) is 6.04 Å². The van der Waals surface area contributed by atoms with Crippen molar-refractivity contribution in [3.05, 3.63) is 18.0 Å². The molecule has 0 bridgehead atoms. The number of nitrogens with zero attached hydrogens (tertiary/aromatic N) is 2. The van der Waals surface area contributed by atoms with E-state index in [1.807, 2.05) is 0 Å². The molecule has 1 saturated heterocycles. The van der Waals surface area contributed by atoms with Gasteiger partial charge in [0.25, 0.3) is 0 Å². The number of carbonyl (C=O) groups is 2. The summed E-state index contributed by atoms with van der Waals surface area (Å²) in [4.78, 5) is 25.1. The summed E-state index contributed by atoms with van der Waals surface area (Å²) in [5, 5.41) is 18.6. The number of H-pyrrole nitrogens is 1. The van der Waals surface area contributed by atoms with Gasteiger partial charge in [-0.05, 0) is 24.7 Å². The number of aliphatic carboxylic acids is 1. The summed E-state index contributed by atoms with van der Waals surface area (Å²) in [6.45, 7) is 0.909. The van der Waals surface area contributed by atoms with E-state index in [-0.39, 0.29) is 11.9 Å². The maximum Gasteiger partial charge on any atom is 0.326 e. The number of carbonyl (C=O) groups excluding carboxylic acids is 1. The van der Waals surface area contributed by atoms with Crippen molar-refractivity contribution in [2.75, 3.05) is 6.54 Å². The number of carboxylic acid groups (broad SMARTS) is 1. The fourth-order valence-corrected chi connectivity index (χ4v) is 3.48. The molecule has 1 aromatic rings. The minimum absolute atomic E-state index is 0.118. The molecule has 3 rings (SSSR count). The van der Waals surface area contributed by atoms with Crippen LogP contribution in [0.1, 0.15) is 24.8 Å². The summed E-state index contributed by atoms with van der Waals surface area (Å²) in [6, 6.07) is -0.972. The largest absolute Gasteiger partial charge is 0.480 e. The van der Waals surface area contributed by atoms with Gasteiger partial charge in [0.2, 0.25) is 0 Å². The monoisotopic (exact) mass is 278 g/mol. The van der Waals surface area contributed by atoms with Crippen molar-refractivity contribution in [3.63, 3.8) is 0 Å². The molecular weight excluding hydrogens is 260 g/mol. The first kappa shape index (κ1) is 13.0. The fraction of sp³-hybridized carbons (Fsp3) is 0.615. The number of likely N-dealkylation sites (tertiary alicyclic amines) is 1. The minimum atomic E-state index is -0.891. The van der Waals surface area contributed by atoms with Crippen LogP contribution in [-0.4, -0.2) is 44.8 Å². The first-order valence-electron chi connectivity index (χ1n) is 6.91. The molecule has 2 heterocycles. The summed E-state index contributed by atoms with van der Waals surface area (Å²) in [7, 11) is 0. The lowest BCUT2D eigenvalue weighted by atomic mass is 9.94. The Hall–Kier alpha value is -2.05. The predicted octanol–water partition coefficient (Wildman–Crippen LogP) is 0.804. The number of fused-ring (bicyclic) bond motifs is 1. The molecule has 3 N–H and O–H groups in total. The molecule has 1 aliphatic heterocycles. The first-order chi connectivity index (χ1) is 9.66. The van der Waals surface area contributed by atoms with Gasteiger partial charge in [0.15, 0.2) is 0 Å². The van der Waals surface area contributed by atoms with Crippen molar-refractivity contribution in [1.29, 1.82) is 0 Å². The lowest BCUT2D eigenvalue weighted by molar-refractivity contribution is -0.142. The molecule has 2 aliphatic rings. The molecule has 20 heavy (non-hydrogen) atoms. The van der Waals surface area contributed by atoms with Gasteiger partial charge in [-0.2, -0.15) is 5.10 Å². The van der Waals surface area contributed by atoms with E-state index >= 15 is 0 Å². The summed E-state index contributed by atoms with van der Waals surface area (Å²) < 4.78 is 0. The van der Waals surface area contributed by atoms with E-state index in [1.54, 1.807) is 12.4 Å². The molecule has 108 valence electrons. The number of hydrogen-bond acceptors (Lipinski definition) is 3. The van der Waals surface area contributed by atoms with Crippen LogP contribution in [0.15, 0.2) is 12.4 Å². The summed E-state index contributed by atoms with van der Waals surface area (Å²) in [5.41, 5.74) is 0.865. The van der Waals surface area contributed by atoms with Crippen molar-refractivity contribution < 1.29 is 14.7 Å². The highest BCUT2D eigenvalue weighted by Crippen LogP contribution is 2.42. The lowest BCUT2D eigenvalue weighted by Crippen LogP contribution is -2.47. The van der Waals surface area contributed by atoms with E-state index in [1.165, 1.54) is 4.90 Å². The van der Waals surface area contributed by atoms with E-state index in [4.69, 9.17) is 0 Å². The molecule has 0 radical (unpaired) electrons. The van der Waals surface area contributed by atoms with Crippen LogP contribution in [0.5, 0.6) is 0 Å². The Bertz CT molecular complexity index is 502. The van der Waals surface area contributed by atoms with Crippen LogP contribution in [0, 0.1) is 11.8 Å². The molecule has 3 atom stereocenters. The molecule has 0 aromatic carbocycles. The van der Waals surface area contributed by atoms with E-state index in [9.17, 15) is 14.7 Å². The van der Waals surface area contributed by atoms with Crippen molar-refractivity contribution in [2.24, 2.45) is 11.8 Å². The molecule has 1 aromatic heterocycles. The predicted molar refractivity (Wildman–Crippen MR) is 69.8 cm³/mol. The molecule has 7 nitrogen and oxygen atoms in total. The molecule has 2 fully saturated rings. The van der Waals surface area contributed by atoms with Gasteiger partial charge in [-0.25, -0.2) is 9.59 Å². The Kier molecular flexibility index (Phi) is 3.33. The fourth-order valence-electron chi connectivity index (χ4n) is 3.48. The normalized spacial score (nSPS) is 28.4. The molecule has 3 unspecified atom stereocenters. The van der Waals surface area contributed by atoms with Crippen LogP contribution in [0.4, 0.5) is 4.79 Å². The number of urea groups is 1. The zero-order valence-electron chi connectivity index (χ0n) is 11.1. The van der Waals surface area contributed by atoms with Crippen LogP contribution >= 0.6 is 0 Å². The van der Waals surface area contributed by atoms with Gasteiger partial charge < -0.3 is 15.3 Å². The van der Waals surface area contributed by atoms with Crippen molar-refractivity contribution in [1.82, 2.24) is 20.4 Å². The number of aromatic nitrogens is 2. The number of aromatic amines is 1. The van der Waals surface area contributed by atoms with Gasteiger partial charge >= 0.3 is 12.0 Å². The highest BCUT2D eigenvalue weighted by molar-refractivity contribution is 5.83. The SMILES string of the molecule is O=C(O)C1C2CCCC2CN1C(=O)NCc1cn[nH]c1. The number of carboxylic acids is 1. The third-order valence-electron chi connectivity index (χ3n) is 4.40. The average Bonchev–Trinajstić information content (AvgIpc) is 3.10. The van der Waals surface area contributed by atoms with Crippen LogP contribution in [0.2, 0.25) is 0 Å². The Balaban J connectivity index is 1.65. The average molecular weight is 278 g/mol. The van der Waals surface area contributed by atoms with Crippen LogP contribution < -0.4 is 5.32 Å². The lowest BCUT2D eigenvalue weighted by Gasteiger charge is -2.24. The Morgan fingerprint density at radius 1 is 1.50 bits per heavy atom. The van der Waals surface area contributed by atoms with E-state index in [0.29, 0.717) is 19.0 Å². The Morgan fingerprint density at radius 3 is 3.05 bits per heavy atom. The zero-order valence-corrected chi connectivity index (χ0v) is 11.1. The number of nitrogens with one attached hydrogen (secondary N) is 2. The van der Waals surface area contributed by atoms with E-state index in [2.05, 4.69) is 15.5 Å². The second kappa shape index (κ2) is 5.15. The number of amides is 2. The van der Waals surface area contributed by atoms with E-state index < -0.39 is 12.0 Å². The van der Waals surface area contributed by atoms with Crippen LogP contribution in [0.25, 0.3) is 0 Å². The molecule has 0 spiro atoms. The number of rotatable bonds is 3. The number of hydrogen-bond donors (Lipinski definition) is 3. The molecule has 1 aliphatic carbocycles. The van der Waals surface area contributed by atoms with Crippen LogP contribution in [-0.2, 0) is 11.3 Å². The van der Waals surface area contributed by atoms with Gasteiger partial charge in [0, 0.05) is 24.8 Å². The van der Waals surface area contributed by atoms with E-state index in [0.717, 1.165) is 24.8 Å². The van der Waals surface area contributed by atoms with Gasteiger partial charge in [0.05, 0.1) is 6.20 Å². The third-order valence-corrected chi connectivity index (χ3v) is 4.40. The highest BCUT2D eigenvalue weighted by Gasteiger charge is 2.49. The van der Waals surface area contributed by atoms with Gasteiger partial charge in [-0.3, -0.25) is 5.10 Å². The van der Waals surface area contributed by atoms with Crippen molar-refractivity contribution >= 4 is 12.0 Å². The zero-order chi connectivity index (χ0) is 14.1. The van der Waals surface area contributed by atoms with Crippen LogP contribution in [0.3, 0.4) is 0 Å². The molecule has 1 saturated carbocycles. The Labute approximate surface area is 116 Å². The summed E-state index contributed by atoms with van der Waals surface area (Å²) in [5.74, 6) is -0.430. The standard InChI is InChI=1S/C13H18N4O3/c18-12(19)11-10-3-1-2-9(10)7-17(11)13(20)14-4-8-5-15-16-6-8/h5-6,9-11H,1-4,7H2,(H,14,20)(H,15,16)(H,18,19). The first-order valence-corrected chi connectivity index (χ1v) is 6.91. The van der Waals surface area contributed by atoms with Gasteiger partial charge in [-0.15, -0.1) is 0 Å². The van der Waals surface area contributed by atoms with Crippen molar-refractivity contribution in [2.45, 2.75) is 31.8 Å². The van der Waals surface area contributed by atoms with Crippen molar-refractivity contribution in [3.8, 4) is 0 Å². The summed E-state index contributed by atoms with van der Waals surface area (Å²) in [6.07, 6.45) is 6.35. The Morgan fingerprint density at radius 2 is 2.35 bits per heavy atom. The quantitative estimate of drug-likeness (QED) is 0.761. The van der Waals surface area contributed by atoms with Gasteiger partial charge in [-0.1, -0.05) is 6.42 Å². The maximum absolute atomic E-state index is 12.2. The topological polar surface area (TPSA) is 98.3 Å². The molecule has 7 heteroatoms. The maximum atomic E-state index is 12.2. The molecule has 2 amide bonds. The summed E-state index contributed by atoms with van der Waals surface area (Å²) >= 11 is 0. The third kappa shape index (κ3) is 2.23. The smallest absolute Gasteiger partial charge is 0.326 e. The highest BCUT2D eigenvalue weighted by atomic mass is 16.4. The minimum Gasteiger partial charge on any atom is -0.480 e.